The lowest BCUT2D eigenvalue weighted by Crippen LogP contribution is -2.56. The second-order valence-electron chi connectivity index (χ2n) is 7.83. The largest absolute Gasteiger partial charge is 0.469 e. The van der Waals surface area contributed by atoms with Gasteiger partial charge in [0.05, 0.1) is 23.8 Å². The number of methoxy groups -OCH3 is 1. The lowest BCUT2D eigenvalue weighted by molar-refractivity contribution is -0.158. The summed E-state index contributed by atoms with van der Waals surface area (Å²) in [7, 11) is -0.493. The molecule has 6 heteroatoms. The van der Waals surface area contributed by atoms with Gasteiger partial charge in [-0.25, -0.2) is 0 Å². The minimum Gasteiger partial charge on any atom is -0.469 e. The molecule has 2 aliphatic carbocycles. The highest BCUT2D eigenvalue weighted by molar-refractivity contribution is 7.87. The van der Waals surface area contributed by atoms with Crippen LogP contribution in [0.5, 0.6) is 0 Å². The Morgan fingerprint density at radius 3 is 2.43 bits per heavy atom. The molecule has 0 N–H and O–H groups in total. The summed E-state index contributed by atoms with van der Waals surface area (Å²) >= 11 is 0. The van der Waals surface area contributed by atoms with Gasteiger partial charge in [-0.05, 0) is 37.0 Å². The SMILES string of the molecule is COC(=O)[C@@H]1[C@H]2C=C[C@H](C2)[C@@]1(C(=O)OCc1ccccc1)[S@](=O)c1ccc(C)cc1. The molecule has 5 nitrogen and oxygen atoms in total. The van der Waals surface area contributed by atoms with E-state index < -0.39 is 33.4 Å². The Labute approximate surface area is 178 Å². The standard InChI is InChI=1S/C24H24O5S/c1-16-8-12-20(13-9-16)30(27)24(23(26)29-15-17-6-4-3-5-7-17)19-11-10-18(14-19)21(24)22(25)28-2/h3-13,18-19,21H,14-15H2,1-2H3/t18-,19+,21-,24+,30+/m0/s1. The quantitative estimate of drug-likeness (QED) is 0.524. The summed E-state index contributed by atoms with van der Waals surface area (Å²) in [6.07, 6.45) is 4.42. The third kappa shape index (κ3) is 3.29. The molecular formula is C24H24O5S. The molecule has 2 bridgehead atoms. The van der Waals surface area contributed by atoms with Crippen molar-refractivity contribution in [2.75, 3.05) is 7.11 Å². The second-order valence-corrected chi connectivity index (χ2v) is 9.51. The summed E-state index contributed by atoms with van der Waals surface area (Å²) in [5.74, 6) is -2.53. The Balaban J connectivity index is 1.75. The Hall–Kier alpha value is -2.73. The number of carbonyl (C=O) groups is 2. The van der Waals surface area contributed by atoms with Gasteiger partial charge in [0.1, 0.15) is 6.61 Å². The van der Waals surface area contributed by atoms with Gasteiger partial charge in [-0.2, -0.15) is 0 Å². The number of carbonyl (C=O) groups excluding carboxylic acids is 2. The molecule has 0 radical (unpaired) electrons. The molecule has 4 rings (SSSR count). The van der Waals surface area contributed by atoms with Crippen molar-refractivity contribution in [2.45, 2.75) is 29.6 Å². The first-order valence-electron chi connectivity index (χ1n) is 9.94. The van der Waals surface area contributed by atoms with Crippen LogP contribution >= 0.6 is 0 Å². The van der Waals surface area contributed by atoms with Gasteiger partial charge in [-0.15, -0.1) is 0 Å². The van der Waals surface area contributed by atoms with Gasteiger partial charge in [-0.3, -0.25) is 13.8 Å². The Morgan fingerprint density at radius 1 is 1.07 bits per heavy atom. The third-order valence-electron chi connectivity index (χ3n) is 6.09. The van der Waals surface area contributed by atoms with Gasteiger partial charge in [0.25, 0.3) is 0 Å². The summed E-state index contributed by atoms with van der Waals surface area (Å²) in [6, 6.07) is 16.5. The third-order valence-corrected chi connectivity index (χ3v) is 8.12. The molecule has 1 saturated carbocycles. The van der Waals surface area contributed by atoms with Gasteiger partial charge in [0.15, 0.2) is 4.75 Å². The van der Waals surface area contributed by atoms with E-state index >= 15 is 0 Å². The van der Waals surface area contributed by atoms with Crippen LogP contribution < -0.4 is 0 Å². The molecule has 0 amide bonds. The highest BCUT2D eigenvalue weighted by atomic mass is 32.2. The Bertz CT molecular complexity index is 998. The molecule has 0 aromatic heterocycles. The summed E-state index contributed by atoms with van der Waals surface area (Å²) in [6.45, 7) is 2.00. The van der Waals surface area contributed by atoms with Crippen molar-refractivity contribution < 1.29 is 23.3 Å². The first-order valence-corrected chi connectivity index (χ1v) is 11.1. The number of fused-ring (bicyclic) bond motifs is 2. The minimum atomic E-state index is -1.79. The van der Waals surface area contributed by atoms with Gasteiger partial charge in [0, 0.05) is 10.8 Å². The van der Waals surface area contributed by atoms with Crippen LogP contribution in [0.25, 0.3) is 0 Å². The molecule has 0 heterocycles. The molecule has 0 unspecified atom stereocenters. The number of ether oxygens (including phenoxy) is 2. The minimum absolute atomic E-state index is 0.0571. The van der Waals surface area contributed by atoms with Crippen LogP contribution in [0.3, 0.4) is 0 Å². The topological polar surface area (TPSA) is 69.7 Å². The molecule has 30 heavy (non-hydrogen) atoms. The maximum Gasteiger partial charge on any atom is 0.327 e. The molecule has 156 valence electrons. The Morgan fingerprint density at radius 2 is 1.77 bits per heavy atom. The van der Waals surface area contributed by atoms with Crippen LogP contribution in [-0.4, -0.2) is 28.0 Å². The van der Waals surface area contributed by atoms with Crippen molar-refractivity contribution in [3.63, 3.8) is 0 Å². The highest BCUT2D eigenvalue weighted by Gasteiger charge is 2.68. The van der Waals surface area contributed by atoms with Crippen LogP contribution in [0.4, 0.5) is 0 Å². The lowest BCUT2D eigenvalue weighted by Gasteiger charge is -2.37. The number of benzene rings is 2. The van der Waals surface area contributed by atoms with Crippen LogP contribution in [-0.2, 0) is 36.5 Å². The van der Waals surface area contributed by atoms with Crippen molar-refractivity contribution in [1.29, 1.82) is 0 Å². The predicted octanol–water partition coefficient (Wildman–Crippen LogP) is 3.58. The maximum absolute atomic E-state index is 13.9. The fourth-order valence-electron chi connectivity index (χ4n) is 4.62. The molecule has 0 saturated heterocycles. The van der Waals surface area contributed by atoms with E-state index in [0.29, 0.717) is 11.3 Å². The fraction of sp³-hybridized carbons (Fsp3) is 0.333. The van der Waals surface area contributed by atoms with Crippen LogP contribution in [0.1, 0.15) is 17.5 Å². The van der Waals surface area contributed by atoms with Gasteiger partial charge < -0.3 is 9.47 Å². The molecule has 2 aliphatic rings. The number of aryl methyl sites for hydroxylation is 1. The molecule has 5 atom stereocenters. The average molecular weight is 425 g/mol. The average Bonchev–Trinajstić information content (AvgIpc) is 3.38. The van der Waals surface area contributed by atoms with Crippen molar-refractivity contribution in [1.82, 2.24) is 0 Å². The van der Waals surface area contributed by atoms with Crippen molar-refractivity contribution >= 4 is 22.7 Å². The number of hydrogen-bond acceptors (Lipinski definition) is 5. The van der Waals surface area contributed by atoms with Crippen molar-refractivity contribution in [3.05, 3.63) is 77.9 Å². The summed E-state index contributed by atoms with van der Waals surface area (Å²) in [5, 5.41) is 0. The maximum atomic E-state index is 13.9. The Kier molecular flexibility index (Phi) is 5.60. The zero-order valence-electron chi connectivity index (χ0n) is 16.9. The molecule has 1 fully saturated rings. The molecule has 0 aliphatic heterocycles. The molecular weight excluding hydrogens is 400 g/mol. The molecule has 2 aromatic rings. The first-order chi connectivity index (χ1) is 14.5. The van der Waals surface area contributed by atoms with E-state index in [2.05, 4.69) is 0 Å². The van der Waals surface area contributed by atoms with E-state index in [1.165, 1.54) is 7.11 Å². The van der Waals surface area contributed by atoms with Gasteiger partial charge in [-0.1, -0.05) is 60.2 Å². The van der Waals surface area contributed by atoms with E-state index in [1.807, 2.05) is 61.5 Å². The van der Waals surface area contributed by atoms with Crippen LogP contribution in [0.15, 0.2) is 71.6 Å². The monoisotopic (exact) mass is 424 g/mol. The number of rotatable bonds is 6. The van der Waals surface area contributed by atoms with E-state index in [0.717, 1.165) is 11.1 Å². The molecule has 2 aromatic carbocycles. The second kappa shape index (κ2) is 8.19. The summed E-state index contributed by atoms with van der Waals surface area (Å²) in [4.78, 5) is 26.9. The normalized spacial score (nSPS) is 27.6. The fourth-order valence-corrected chi connectivity index (χ4v) is 6.55. The molecule has 0 spiro atoms. The smallest absolute Gasteiger partial charge is 0.327 e. The number of hydrogen-bond donors (Lipinski definition) is 0. The van der Waals surface area contributed by atoms with Crippen molar-refractivity contribution in [3.8, 4) is 0 Å². The van der Waals surface area contributed by atoms with E-state index in [4.69, 9.17) is 9.47 Å². The van der Waals surface area contributed by atoms with E-state index in [9.17, 15) is 13.8 Å². The predicted molar refractivity (Wildman–Crippen MR) is 113 cm³/mol. The van der Waals surface area contributed by atoms with Gasteiger partial charge in [0.2, 0.25) is 0 Å². The van der Waals surface area contributed by atoms with E-state index in [-0.39, 0.29) is 18.4 Å². The van der Waals surface area contributed by atoms with Crippen molar-refractivity contribution in [2.24, 2.45) is 17.8 Å². The lowest BCUT2D eigenvalue weighted by atomic mass is 9.82. The van der Waals surface area contributed by atoms with Gasteiger partial charge >= 0.3 is 11.9 Å². The highest BCUT2D eigenvalue weighted by Crippen LogP contribution is 2.56. The number of esters is 2. The zero-order chi connectivity index (χ0) is 21.3. The summed E-state index contributed by atoms with van der Waals surface area (Å²) < 4.78 is 23.1. The zero-order valence-corrected chi connectivity index (χ0v) is 17.8. The first kappa shape index (κ1) is 20.5. The summed E-state index contributed by atoms with van der Waals surface area (Å²) in [5.41, 5.74) is 1.85. The van der Waals surface area contributed by atoms with E-state index in [1.54, 1.807) is 12.1 Å². The van der Waals surface area contributed by atoms with Crippen LogP contribution in [0.2, 0.25) is 0 Å². The number of allylic oxidation sites excluding steroid dienone is 2. The van der Waals surface area contributed by atoms with Crippen LogP contribution in [0, 0.1) is 24.7 Å².